The van der Waals surface area contributed by atoms with Crippen molar-refractivity contribution < 1.29 is 4.79 Å². The molecule has 3 heteroatoms. The molecule has 0 fully saturated rings. The van der Waals surface area contributed by atoms with E-state index in [1.165, 1.54) is 0 Å². The van der Waals surface area contributed by atoms with Crippen molar-refractivity contribution >= 4 is 5.78 Å². The van der Waals surface area contributed by atoms with Crippen molar-refractivity contribution in [1.82, 2.24) is 9.78 Å². The Labute approximate surface area is 97.8 Å². The molecule has 0 N–H and O–H groups in total. The minimum Gasteiger partial charge on any atom is -0.292 e. The first-order valence-corrected chi connectivity index (χ1v) is 6.30. The minimum absolute atomic E-state index is 0.178. The zero-order valence-corrected chi connectivity index (χ0v) is 10.6. The molecule has 0 unspecified atom stereocenters. The number of rotatable bonds is 7. The van der Waals surface area contributed by atoms with Gasteiger partial charge in [-0.1, -0.05) is 26.7 Å². The third-order valence-corrected chi connectivity index (χ3v) is 2.91. The highest BCUT2D eigenvalue weighted by atomic mass is 16.1. The van der Waals surface area contributed by atoms with E-state index in [9.17, 15) is 4.79 Å². The monoisotopic (exact) mass is 222 g/mol. The molecule has 1 aromatic heterocycles. The number of carbonyl (C=O) groups excluding carboxylic acids is 1. The molecule has 3 nitrogen and oxygen atoms in total. The Bertz CT molecular complexity index is 324. The lowest BCUT2D eigenvalue weighted by Gasteiger charge is -2.14. The highest BCUT2D eigenvalue weighted by molar-refractivity contribution is 5.96. The summed E-state index contributed by atoms with van der Waals surface area (Å²) in [7, 11) is 0. The van der Waals surface area contributed by atoms with E-state index < -0.39 is 0 Å². The van der Waals surface area contributed by atoms with Crippen molar-refractivity contribution in [2.45, 2.75) is 53.0 Å². The van der Waals surface area contributed by atoms with Gasteiger partial charge in [0.1, 0.15) is 5.69 Å². The molecule has 0 atom stereocenters. The molecule has 1 aromatic rings. The van der Waals surface area contributed by atoms with Crippen molar-refractivity contribution in [2.75, 3.05) is 0 Å². The predicted octanol–water partition coefficient (Wildman–Crippen LogP) is 3.30. The van der Waals surface area contributed by atoms with Crippen molar-refractivity contribution in [3.05, 3.63) is 18.0 Å². The van der Waals surface area contributed by atoms with Gasteiger partial charge in [0.05, 0.1) is 0 Å². The molecule has 0 aliphatic rings. The van der Waals surface area contributed by atoms with E-state index in [1.54, 1.807) is 10.9 Å². The van der Waals surface area contributed by atoms with E-state index in [4.69, 9.17) is 0 Å². The van der Waals surface area contributed by atoms with Gasteiger partial charge in [-0.3, -0.25) is 9.48 Å². The Hall–Kier alpha value is -1.12. The molecule has 0 saturated carbocycles. The standard InChI is InChI=1S/C13H22N2O/c1-4-7-11(8-5-2)13(16)12-9-10-14-15(12)6-3/h9-11H,4-8H2,1-3H3. The summed E-state index contributed by atoms with van der Waals surface area (Å²) < 4.78 is 1.79. The van der Waals surface area contributed by atoms with Gasteiger partial charge in [-0.05, 0) is 25.8 Å². The van der Waals surface area contributed by atoms with Gasteiger partial charge in [0.2, 0.25) is 0 Å². The first-order valence-electron chi connectivity index (χ1n) is 6.30. The first-order chi connectivity index (χ1) is 7.74. The number of carbonyl (C=O) groups is 1. The van der Waals surface area contributed by atoms with Crippen LogP contribution in [0.3, 0.4) is 0 Å². The molecule has 1 rings (SSSR count). The number of nitrogens with zero attached hydrogens (tertiary/aromatic N) is 2. The number of hydrogen-bond donors (Lipinski definition) is 0. The van der Waals surface area contributed by atoms with Crippen LogP contribution in [0.5, 0.6) is 0 Å². The fourth-order valence-electron chi connectivity index (χ4n) is 2.11. The predicted molar refractivity (Wildman–Crippen MR) is 65.5 cm³/mol. The second-order valence-corrected chi connectivity index (χ2v) is 4.17. The number of ketones is 1. The van der Waals surface area contributed by atoms with Crippen LogP contribution in [0.1, 0.15) is 56.9 Å². The normalized spacial score (nSPS) is 11.0. The summed E-state index contributed by atoms with van der Waals surface area (Å²) in [5.41, 5.74) is 0.773. The second-order valence-electron chi connectivity index (χ2n) is 4.17. The van der Waals surface area contributed by atoms with E-state index >= 15 is 0 Å². The highest BCUT2D eigenvalue weighted by Crippen LogP contribution is 2.19. The molecule has 16 heavy (non-hydrogen) atoms. The zero-order valence-electron chi connectivity index (χ0n) is 10.6. The van der Waals surface area contributed by atoms with Gasteiger partial charge in [-0.15, -0.1) is 0 Å². The second kappa shape index (κ2) is 6.46. The molecule has 0 aliphatic carbocycles. The highest BCUT2D eigenvalue weighted by Gasteiger charge is 2.21. The number of Topliss-reactive ketones (excluding diaryl/α,β-unsaturated/α-hetero) is 1. The Morgan fingerprint density at radius 1 is 1.31 bits per heavy atom. The minimum atomic E-state index is 0.178. The summed E-state index contributed by atoms with van der Waals surface area (Å²) in [6, 6.07) is 1.84. The smallest absolute Gasteiger partial charge is 0.183 e. The summed E-state index contributed by atoms with van der Waals surface area (Å²) >= 11 is 0. The third-order valence-electron chi connectivity index (χ3n) is 2.91. The summed E-state index contributed by atoms with van der Waals surface area (Å²) in [4.78, 5) is 12.3. The van der Waals surface area contributed by atoms with Crippen LogP contribution in [0.4, 0.5) is 0 Å². The largest absolute Gasteiger partial charge is 0.292 e. The van der Waals surface area contributed by atoms with Crippen LogP contribution in [-0.4, -0.2) is 15.6 Å². The van der Waals surface area contributed by atoms with Gasteiger partial charge in [0, 0.05) is 18.7 Å². The average molecular weight is 222 g/mol. The fraction of sp³-hybridized carbons (Fsp3) is 0.692. The number of aryl methyl sites for hydroxylation is 1. The van der Waals surface area contributed by atoms with Gasteiger partial charge < -0.3 is 0 Å². The van der Waals surface area contributed by atoms with Crippen molar-refractivity contribution in [1.29, 1.82) is 0 Å². The molecule has 0 aromatic carbocycles. The molecular weight excluding hydrogens is 200 g/mol. The van der Waals surface area contributed by atoms with Crippen LogP contribution in [0.15, 0.2) is 12.3 Å². The molecule has 0 spiro atoms. The molecular formula is C13H22N2O. The van der Waals surface area contributed by atoms with Gasteiger partial charge in [-0.25, -0.2) is 0 Å². The molecule has 1 heterocycles. The van der Waals surface area contributed by atoms with Crippen molar-refractivity contribution in [3.63, 3.8) is 0 Å². The van der Waals surface area contributed by atoms with Gasteiger partial charge >= 0.3 is 0 Å². The lowest BCUT2D eigenvalue weighted by atomic mass is 9.92. The topological polar surface area (TPSA) is 34.9 Å². The number of hydrogen-bond acceptors (Lipinski definition) is 2. The average Bonchev–Trinajstić information content (AvgIpc) is 2.75. The number of aromatic nitrogens is 2. The molecule has 0 bridgehead atoms. The Morgan fingerprint density at radius 2 is 1.94 bits per heavy atom. The van der Waals surface area contributed by atoms with Gasteiger partial charge in [0.25, 0.3) is 0 Å². The summed E-state index contributed by atoms with van der Waals surface area (Å²) in [5, 5.41) is 4.15. The SMILES string of the molecule is CCCC(CCC)C(=O)c1ccnn1CC. The lowest BCUT2D eigenvalue weighted by Crippen LogP contribution is -2.19. The first kappa shape index (κ1) is 12.9. The Morgan fingerprint density at radius 3 is 2.44 bits per heavy atom. The molecule has 0 radical (unpaired) electrons. The maximum Gasteiger partial charge on any atom is 0.183 e. The maximum atomic E-state index is 12.3. The zero-order chi connectivity index (χ0) is 12.0. The van der Waals surface area contributed by atoms with Crippen LogP contribution >= 0.6 is 0 Å². The Balaban J connectivity index is 2.81. The van der Waals surface area contributed by atoms with Crippen LogP contribution in [-0.2, 0) is 6.54 Å². The van der Waals surface area contributed by atoms with Crippen LogP contribution < -0.4 is 0 Å². The summed E-state index contributed by atoms with van der Waals surface area (Å²) in [5.74, 6) is 0.444. The molecule has 0 saturated heterocycles. The van der Waals surface area contributed by atoms with Crippen LogP contribution in [0.25, 0.3) is 0 Å². The van der Waals surface area contributed by atoms with E-state index in [0.717, 1.165) is 37.9 Å². The lowest BCUT2D eigenvalue weighted by molar-refractivity contribution is 0.0894. The molecule has 90 valence electrons. The molecule has 0 aliphatic heterocycles. The van der Waals surface area contributed by atoms with Crippen LogP contribution in [0.2, 0.25) is 0 Å². The summed E-state index contributed by atoms with van der Waals surface area (Å²) in [6.07, 6.45) is 5.82. The van der Waals surface area contributed by atoms with E-state index in [1.807, 2.05) is 13.0 Å². The fourth-order valence-corrected chi connectivity index (χ4v) is 2.11. The molecule has 0 amide bonds. The van der Waals surface area contributed by atoms with E-state index in [2.05, 4.69) is 18.9 Å². The summed E-state index contributed by atoms with van der Waals surface area (Å²) in [6.45, 7) is 7.04. The van der Waals surface area contributed by atoms with Crippen molar-refractivity contribution in [2.24, 2.45) is 5.92 Å². The van der Waals surface area contributed by atoms with Gasteiger partial charge in [-0.2, -0.15) is 5.10 Å². The van der Waals surface area contributed by atoms with Gasteiger partial charge in [0.15, 0.2) is 5.78 Å². The Kier molecular flexibility index (Phi) is 5.23. The third kappa shape index (κ3) is 2.94. The maximum absolute atomic E-state index is 12.3. The van der Waals surface area contributed by atoms with E-state index in [0.29, 0.717) is 0 Å². The van der Waals surface area contributed by atoms with E-state index in [-0.39, 0.29) is 11.7 Å². The van der Waals surface area contributed by atoms with Crippen molar-refractivity contribution in [3.8, 4) is 0 Å². The quantitative estimate of drug-likeness (QED) is 0.663. The van der Waals surface area contributed by atoms with Crippen LogP contribution in [0, 0.1) is 5.92 Å².